The predicted molar refractivity (Wildman–Crippen MR) is 95.2 cm³/mol. The van der Waals surface area contributed by atoms with E-state index in [2.05, 4.69) is 9.88 Å². The molecule has 1 aliphatic rings. The van der Waals surface area contributed by atoms with E-state index >= 15 is 0 Å². The second kappa shape index (κ2) is 8.80. The van der Waals surface area contributed by atoms with Gasteiger partial charge in [0, 0.05) is 45.1 Å². The summed E-state index contributed by atoms with van der Waals surface area (Å²) in [5.74, 6) is -0.0394. The molecule has 1 atom stereocenters. The zero-order chi connectivity index (χ0) is 17.5. The number of H-pyrrole nitrogens is 1. The summed E-state index contributed by atoms with van der Waals surface area (Å²) in [6.45, 7) is 4.22. The van der Waals surface area contributed by atoms with Crippen LogP contribution in [-0.4, -0.2) is 71.2 Å². The number of ether oxygens (including phenoxy) is 1. The number of aromatic nitrogens is 1. The van der Waals surface area contributed by atoms with Crippen molar-refractivity contribution in [2.45, 2.75) is 12.7 Å². The lowest BCUT2D eigenvalue weighted by molar-refractivity contribution is 0.0637. The fourth-order valence-corrected chi connectivity index (χ4v) is 3.04. The quantitative estimate of drug-likeness (QED) is 0.777. The molecule has 25 heavy (non-hydrogen) atoms. The summed E-state index contributed by atoms with van der Waals surface area (Å²) in [5, 5.41) is 10.2. The van der Waals surface area contributed by atoms with E-state index in [4.69, 9.17) is 4.74 Å². The van der Waals surface area contributed by atoms with E-state index in [0.717, 1.165) is 18.7 Å². The van der Waals surface area contributed by atoms with Crippen molar-refractivity contribution >= 4 is 5.91 Å². The van der Waals surface area contributed by atoms with Crippen LogP contribution in [0.2, 0.25) is 0 Å². The molecule has 0 spiro atoms. The maximum atomic E-state index is 12.4. The number of rotatable bonds is 6. The molecule has 1 saturated heterocycles. The summed E-state index contributed by atoms with van der Waals surface area (Å²) in [6.07, 6.45) is 2.88. The molecular formula is C19H25N3O3. The summed E-state index contributed by atoms with van der Waals surface area (Å²) < 4.78 is 5.72. The zero-order valence-electron chi connectivity index (χ0n) is 14.3. The Hall–Kier alpha value is -2.15. The van der Waals surface area contributed by atoms with Crippen LogP contribution in [0, 0.1) is 0 Å². The molecule has 2 N–H and O–H groups in total. The average molecular weight is 343 g/mol. The Morgan fingerprint density at radius 2 is 2.04 bits per heavy atom. The second-order valence-electron chi connectivity index (χ2n) is 6.34. The molecular weight excluding hydrogens is 318 g/mol. The highest BCUT2D eigenvalue weighted by atomic mass is 16.5. The highest BCUT2D eigenvalue weighted by Gasteiger charge is 2.25. The van der Waals surface area contributed by atoms with E-state index in [0.29, 0.717) is 38.4 Å². The van der Waals surface area contributed by atoms with Crippen LogP contribution >= 0.6 is 0 Å². The van der Waals surface area contributed by atoms with Gasteiger partial charge in [-0.25, -0.2) is 0 Å². The molecule has 1 unspecified atom stereocenters. The van der Waals surface area contributed by atoms with Crippen molar-refractivity contribution in [3.8, 4) is 0 Å². The number of aliphatic hydroxyl groups is 1. The third-order valence-electron chi connectivity index (χ3n) is 4.38. The Morgan fingerprint density at radius 1 is 1.20 bits per heavy atom. The Kier molecular flexibility index (Phi) is 6.22. The van der Waals surface area contributed by atoms with Crippen LogP contribution in [0.1, 0.15) is 15.9 Å². The molecule has 0 bridgehead atoms. The second-order valence-corrected chi connectivity index (χ2v) is 6.34. The maximum absolute atomic E-state index is 12.4. The number of carbonyl (C=O) groups excluding carboxylic acids is 1. The average Bonchev–Trinajstić information content (AvgIpc) is 3.10. The fourth-order valence-electron chi connectivity index (χ4n) is 3.04. The molecule has 1 aromatic carbocycles. The SMILES string of the molecule is O=C(c1cc[nH]c1)N1CCN(CCOCc2ccccc2)CC(O)C1. The van der Waals surface area contributed by atoms with E-state index in [1.165, 1.54) is 0 Å². The van der Waals surface area contributed by atoms with E-state index in [1.807, 2.05) is 30.3 Å². The van der Waals surface area contributed by atoms with E-state index in [1.54, 1.807) is 23.4 Å². The number of benzene rings is 1. The molecule has 0 radical (unpaired) electrons. The summed E-state index contributed by atoms with van der Waals surface area (Å²) in [5.41, 5.74) is 1.79. The first-order chi connectivity index (χ1) is 12.2. The number of β-amino-alcohol motifs (C(OH)–C–C–N with tert-alkyl or cyclic N) is 1. The van der Waals surface area contributed by atoms with Gasteiger partial charge in [0.25, 0.3) is 5.91 Å². The smallest absolute Gasteiger partial charge is 0.255 e. The Balaban J connectivity index is 1.44. The number of hydrogen-bond acceptors (Lipinski definition) is 4. The van der Waals surface area contributed by atoms with Crippen molar-refractivity contribution in [2.24, 2.45) is 0 Å². The van der Waals surface area contributed by atoms with Crippen molar-refractivity contribution in [3.05, 3.63) is 59.9 Å². The minimum Gasteiger partial charge on any atom is -0.390 e. The van der Waals surface area contributed by atoms with Gasteiger partial charge in [0.05, 0.1) is 24.9 Å². The van der Waals surface area contributed by atoms with Gasteiger partial charge >= 0.3 is 0 Å². The van der Waals surface area contributed by atoms with Gasteiger partial charge in [0.2, 0.25) is 0 Å². The van der Waals surface area contributed by atoms with Gasteiger partial charge in [-0.3, -0.25) is 9.69 Å². The first-order valence-corrected chi connectivity index (χ1v) is 8.66. The highest BCUT2D eigenvalue weighted by molar-refractivity contribution is 5.94. The lowest BCUT2D eigenvalue weighted by Gasteiger charge is -2.21. The van der Waals surface area contributed by atoms with Crippen LogP contribution in [0.3, 0.4) is 0 Å². The number of aliphatic hydroxyl groups excluding tert-OH is 1. The van der Waals surface area contributed by atoms with E-state index in [-0.39, 0.29) is 5.91 Å². The van der Waals surface area contributed by atoms with Crippen molar-refractivity contribution in [1.82, 2.24) is 14.8 Å². The van der Waals surface area contributed by atoms with Crippen LogP contribution < -0.4 is 0 Å². The third-order valence-corrected chi connectivity index (χ3v) is 4.38. The normalized spacial score (nSPS) is 18.9. The van der Waals surface area contributed by atoms with Gasteiger partial charge in [-0.1, -0.05) is 30.3 Å². The lowest BCUT2D eigenvalue weighted by atomic mass is 10.2. The topological polar surface area (TPSA) is 68.8 Å². The van der Waals surface area contributed by atoms with Crippen molar-refractivity contribution in [3.63, 3.8) is 0 Å². The van der Waals surface area contributed by atoms with E-state index in [9.17, 15) is 9.90 Å². The third kappa shape index (κ3) is 5.16. The van der Waals surface area contributed by atoms with Crippen LogP contribution in [0.5, 0.6) is 0 Å². The molecule has 1 amide bonds. The molecule has 134 valence electrons. The number of amides is 1. The molecule has 1 aromatic heterocycles. The molecule has 0 saturated carbocycles. The monoisotopic (exact) mass is 343 g/mol. The Morgan fingerprint density at radius 3 is 2.80 bits per heavy atom. The Labute approximate surface area is 148 Å². The zero-order valence-corrected chi connectivity index (χ0v) is 14.3. The highest BCUT2D eigenvalue weighted by Crippen LogP contribution is 2.09. The number of aromatic amines is 1. The summed E-state index contributed by atoms with van der Waals surface area (Å²) in [4.78, 5) is 19.2. The van der Waals surface area contributed by atoms with Crippen LogP contribution in [-0.2, 0) is 11.3 Å². The first kappa shape index (κ1) is 17.7. The van der Waals surface area contributed by atoms with E-state index < -0.39 is 6.10 Å². The van der Waals surface area contributed by atoms with Gasteiger partial charge in [-0.2, -0.15) is 0 Å². The largest absolute Gasteiger partial charge is 0.390 e. The van der Waals surface area contributed by atoms with Gasteiger partial charge in [0.1, 0.15) is 0 Å². The van der Waals surface area contributed by atoms with Crippen molar-refractivity contribution in [1.29, 1.82) is 0 Å². The van der Waals surface area contributed by atoms with Crippen LogP contribution in [0.25, 0.3) is 0 Å². The molecule has 2 heterocycles. The van der Waals surface area contributed by atoms with Gasteiger partial charge < -0.3 is 19.7 Å². The number of nitrogens with zero attached hydrogens (tertiary/aromatic N) is 2. The fraction of sp³-hybridized carbons (Fsp3) is 0.421. The number of nitrogens with one attached hydrogen (secondary N) is 1. The summed E-state index contributed by atoms with van der Waals surface area (Å²) in [7, 11) is 0. The molecule has 1 aliphatic heterocycles. The Bertz CT molecular complexity index is 645. The summed E-state index contributed by atoms with van der Waals surface area (Å²) >= 11 is 0. The number of hydrogen-bond donors (Lipinski definition) is 2. The maximum Gasteiger partial charge on any atom is 0.255 e. The van der Waals surface area contributed by atoms with Gasteiger partial charge in [0.15, 0.2) is 0 Å². The summed E-state index contributed by atoms with van der Waals surface area (Å²) in [6, 6.07) is 11.8. The minimum atomic E-state index is -0.542. The standard InChI is InChI=1S/C19H25N3O3/c23-18-13-21(10-11-25-15-16-4-2-1-3-5-16)8-9-22(14-18)19(24)17-6-7-20-12-17/h1-7,12,18,20,23H,8-11,13-15H2. The van der Waals surface area contributed by atoms with Crippen molar-refractivity contribution in [2.75, 3.05) is 39.3 Å². The molecule has 1 fully saturated rings. The van der Waals surface area contributed by atoms with Crippen molar-refractivity contribution < 1.29 is 14.6 Å². The van der Waals surface area contributed by atoms with Gasteiger partial charge in [-0.05, 0) is 11.6 Å². The van der Waals surface area contributed by atoms with Gasteiger partial charge in [-0.15, -0.1) is 0 Å². The molecule has 3 rings (SSSR count). The molecule has 2 aromatic rings. The molecule has 0 aliphatic carbocycles. The minimum absolute atomic E-state index is 0.0394. The first-order valence-electron chi connectivity index (χ1n) is 8.66. The lowest BCUT2D eigenvalue weighted by Crippen LogP contribution is -2.37. The molecule has 6 heteroatoms. The van der Waals surface area contributed by atoms with Crippen LogP contribution in [0.4, 0.5) is 0 Å². The molecule has 6 nitrogen and oxygen atoms in total. The number of carbonyl (C=O) groups is 1. The van der Waals surface area contributed by atoms with Crippen LogP contribution in [0.15, 0.2) is 48.8 Å². The predicted octanol–water partition coefficient (Wildman–Crippen LogP) is 1.35.